The molecule has 1 amide bonds. The first kappa shape index (κ1) is 15.5. The summed E-state index contributed by atoms with van der Waals surface area (Å²) >= 11 is 0. The summed E-state index contributed by atoms with van der Waals surface area (Å²) in [5.41, 5.74) is 6.26. The van der Waals surface area contributed by atoms with Crippen molar-refractivity contribution in [3.05, 3.63) is 24.3 Å². The van der Waals surface area contributed by atoms with Crippen LogP contribution in [0.4, 0.5) is 5.69 Å². The lowest BCUT2D eigenvalue weighted by Gasteiger charge is -2.18. The number of carbonyl (C=O) groups excluding carboxylic acids is 1. The van der Waals surface area contributed by atoms with Crippen molar-refractivity contribution in [3.63, 3.8) is 0 Å². The molecule has 0 bridgehead atoms. The van der Waals surface area contributed by atoms with Crippen LogP contribution < -0.4 is 15.8 Å². The largest absolute Gasteiger partial charge is 0.491 e. The molecule has 0 heterocycles. The maximum Gasteiger partial charge on any atom is 0.224 e. The molecule has 1 aromatic carbocycles. The van der Waals surface area contributed by atoms with Gasteiger partial charge in [0.25, 0.3) is 0 Å². The second kappa shape index (κ2) is 7.14. The molecule has 4 nitrogen and oxygen atoms in total. The van der Waals surface area contributed by atoms with Crippen molar-refractivity contribution < 1.29 is 9.53 Å². The van der Waals surface area contributed by atoms with E-state index in [4.69, 9.17) is 10.5 Å². The third-order valence-electron chi connectivity index (χ3n) is 2.62. The van der Waals surface area contributed by atoms with E-state index >= 15 is 0 Å². The second-order valence-corrected chi connectivity index (χ2v) is 5.38. The van der Waals surface area contributed by atoms with Crippen LogP contribution in [0.5, 0.6) is 5.75 Å². The van der Waals surface area contributed by atoms with Crippen molar-refractivity contribution in [2.24, 2.45) is 5.73 Å². The van der Waals surface area contributed by atoms with Crippen molar-refractivity contribution in [2.75, 3.05) is 11.9 Å². The lowest BCUT2D eigenvalue weighted by molar-refractivity contribution is -0.116. The molecule has 1 rings (SSSR count). The molecule has 19 heavy (non-hydrogen) atoms. The van der Waals surface area contributed by atoms with Crippen molar-refractivity contribution in [1.29, 1.82) is 0 Å². The molecule has 106 valence electrons. The lowest BCUT2D eigenvalue weighted by Crippen LogP contribution is -2.33. The first-order valence-electron chi connectivity index (χ1n) is 6.73. The van der Waals surface area contributed by atoms with Gasteiger partial charge in [0, 0.05) is 12.0 Å². The molecule has 0 saturated heterocycles. The minimum atomic E-state index is -0.324. The zero-order valence-corrected chi connectivity index (χ0v) is 12.0. The zero-order valence-electron chi connectivity index (χ0n) is 12.0. The van der Waals surface area contributed by atoms with E-state index in [2.05, 4.69) is 5.32 Å². The second-order valence-electron chi connectivity index (χ2n) is 5.38. The van der Waals surface area contributed by atoms with Crippen LogP contribution in [0.25, 0.3) is 0 Å². The third kappa shape index (κ3) is 6.25. The van der Waals surface area contributed by atoms with Crippen molar-refractivity contribution >= 4 is 11.6 Å². The highest BCUT2D eigenvalue weighted by Gasteiger charge is 2.14. The molecule has 0 unspecified atom stereocenters. The Kier molecular flexibility index (Phi) is 5.83. The fourth-order valence-corrected chi connectivity index (χ4v) is 1.56. The minimum Gasteiger partial charge on any atom is -0.491 e. The van der Waals surface area contributed by atoms with Gasteiger partial charge in [-0.2, -0.15) is 0 Å². The molecular weight excluding hydrogens is 240 g/mol. The molecule has 0 aliphatic rings. The number of nitrogens with one attached hydrogen (secondary N) is 1. The van der Waals surface area contributed by atoms with E-state index in [1.807, 2.05) is 45.0 Å². The highest BCUT2D eigenvalue weighted by Crippen LogP contribution is 2.24. The Morgan fingerprint density at radius 1 is 1.37 bits per heavy atom. The zero-order chi connectivity index (χ0) is 14.3. The molecule has 0 spiro atoms. The van der Waals surface area contributed by atoms with E-state index in [-0.39, 0.29) is 11.4 Å². The summed E-state index contributed by atoms with van der Waals surface area (Å²) in [6.07, 6.45) is 1.99. The van der Waals surface area contributed by atoms with Gasteiger partial charge in [0.2, 0.25) is 5.91 Å². The molecule has 3 N–H and O–H groups in total. The number of hydrogen-bond donors (Lipinski definition) is 2. The summed E-state index contributed by atoms with van der Waals surface area (Å²) in [6, 6.07) is 7.47. The fraction of sp³-hybridized carbons (Fsp3) is 0.533. The first-order valence-corrected chi connectivity index (χ1v) is 6.73. The monoisotopic (exact) mass is 264 g/mol. The van der Waals surface area contributed by atoms with Crippen LogP contribution in [-0.4, -0.2) is 18.1 Å². The quantitative estimate of drug-likeness (QED) is 0.796. The molecule has 0 fully saturated rings. The highest BCUT2D eigenvalue weighted by molar-refractivity contribution is 5.92. The summed E-state index contributed by atoms with van der Waals surface area (Å²) in [5.74, 6) is 0.677. The van der Waals surface area contributed by atoms with Crippen LogP contribution in [0.1, 0.15) is 40.0 Å². The molecule has 0 aromatic heterocycles. The Bertz CT molecular complexity index is 411. The molecule has 0 aliphatic carbocycles. The smallest absolute Gasteiger partial charge is 0.224 e. The van der Waals surface area contributed by atoms with Crippen molar-refractivity contribution in [3.8, 4) is 5.75 Å². The standard InChI is InChI=1S/C15H24N2O2/c1-4-11-19-13-8-6-5-7-12(13)17-14(18)9-10-15(2,3)16/h5-8H,4,9-11,16H2,1-3H3,(H,17,18). The number of anilines is 1. The Labute approximate surface area is 115 Å². The Balaban J connectivity index is 2.58. The average molecular weight is 264 g/mol. The van der Waals surface area contributed by atoms with Gasteiger partial charge in [0.1, 0.15) is 5.75 Å². The molecule has 0 radical (unpaired) electrons. The van der Waals surface area contributed by atoms with Gasteiger partial charge in [0.15, 0.2) is 0 Å². The summed E-state index contributed by atoms with van der Waals surface area (Å²) in [6.45, 7) is 6.52. The number of benzene rings is 1. The number of rotatable bonds is 7. The minimum absolute atomic E-state index is 0.0360. The van der Waals surface area contributed by atoms with E-state index in [1.165, 1.54) is 0 Å². The van der Waals surface area contributed by atoms with Gasteiger partial charge in [0.05, 0.1) is 12.3 Å². The molecular formula is C15H24N2O2. The van der Waals surface area contributed by atoms with Gasteiger partial charge in [-0.3, -0.25) is 4.79 Å². The first-order chi connectivity index (χ1) is 8.92. The lowest BCUT2D eigenvalue weighted by atomic mass is 10.00. The van der Waals surface area contributed by atoms with Crippen LogP contribution in [0, 0.1) is 0 Å². The van der Waals surface area contributed by atoms with E-state index in [9.17, 15) is 4.79 Å². The maximum absolute atomic E-state index is 11.9. The highest BCUT2D eigenvalue weighted by atomic mass is 16.5. The average Bonchev–Trinajstić information content (AvgIpc) is 2.34. The molecule has 4 heteroatoms. The summed E-state index contributed by atoms with van der Waals surface area (Å²) < 4.78 is 5.59. The maximum atomic E-state index is 11.9. The van der Waals surface area contributed by atoms with E-state index in [0.717, 1.165) is 12.1 Å². The Morgan fingerprint density at radius 3 is 2.68 bits per heavy atom. The number of nitrogens with two attached hydrogens (primary N) is 1. The van der Waals surface area contributed by atoms with Gasteiger partial charge in [-0.05, 0) is 38.8 Å². The number of para-hydroxylation sites is 2. The van der Waals surface area contributed by atoms with Crippen LogP contribution in [0.3, 0.4) is 0 Å². The molecule has 0 aliphatic heterocycles. The topological polar surface area (TPSA) is 64.3 Å². The number of carbonyl (C=O) groups is 1. The summed E-state index contributed by atoms with van der Waals surface area (Å²) in [4.78, 5) is 11.9. The van der Waals surface area contributed by atoms with Gasteiger partial charge in [-0.1, -0.05) is 19.1 Å². The molecule has 1 aromatic rings. The van der Waals surface area contributed by atoms with Gasteiger partial charge < -0.3 is 15.8 Å². The predicted molar refractivity (Wildman–Crippen MR) is 78.4 cm³/mol. The van der Waals surface area contributed by atoms with E-state index < -0.39 is 0 Å². The van der Waals surface area contributed by atoms with E-state index in [1.54, 1.807) is 0 Å². The summed E-state index contributed by atoms with van der Waals surface area (Å²) in [7, 11) is 0. The van der Waals surface area contributed by atoms with Gasteiger partial charge in [-0.15, -0.1) is 0 Å². The van der Waals surface area contributed by atoms with Gasteiger partial charge >= 0.3 is 0 Å². The third-order valence-corrected chi connectivity index (χ3v) is 2.62. The SMILES string of the molecule is CCCOc1ccccc1NC(=O)CCC(C)(C)N. The van der Waals surface area contributed by atoms with E-state index in [0.29, 0.717) is 25.2 Å². The Hall–Kier alpha value is -1.55. The predicted octanol–water partition coefficient (Wildman–Crippen LogP) is 2.93. The van der Waals surface area contributed by atoms with Crippen LogP contribution >= 0.6 is 0 Å². The fourth-order valence-electron chi connectivity index (χ4n) is 1.56. The van der Waals surface area contributed by atoms with Crippen LogP contribution in [-0.2, 0) is 4.79 Å². The van der Waals surface area contributed by atoms with Crippen LogP contribution in [0.2, 0.25) is 0 Å². The number of hydrogen-bond acceptors (Lipinski definition) is 3. The van der Waals surface area contributed by atoms with Crippen molar-refractivity contribution in [2.45, 2.75) is 45.6 Å². The number of amides is 1. The molecule has 0 saturated carbocycles. The molecule has 0 atom stereocenters. The number of ether oxygens (including phenoxy) is 1. The summed E-state index contributed by atoms with van der Waals surface area (Å²) in [5, 5.41) is 2.87. The Morgan fingerprint density at radius 2 is 2.05 bits per heavy atom. The normalized spacial score (nSPS) is 11.2. The van der Waals surface area contributed by atoms with Gasteiger partial charge in [-0.25, -0.2) is 0 Å². The van der Waals surface area contributed by atoms with Crippen LogP contribution in [0.15, 0.2) is 24.3 Å². The van der Waals surface area contributed by atoms with Crippen molar-refractivity contribution in [1.82, 2.24) is 0 Å².